The van der Waals surface area contributed by atoms with E-state index in [2.05, 4.69) is 16.0 Å². The van der Waals surface area contributed by atoms with Gasteiger partial charge in [-0.05, 0) is 42.5 Å². The SMILES string of the molecule is CC[C@@H](Nc1c(Nc2cccc(C(=O)NC)c2O)c(=O)c1=O)c1sccc1C. The van der Waals surface area contributed by atoms with Crippen LogP contribution in [0.2, 0.25) is 0 Å². The molecule has 0 aliphatic carbocycles. The first-order valence-corrected chi connectivity index (χ1v) is 9.71. The molecule has 0 unspecified atom stereocenters. The largest absolute Gasteiger partial charge is 0.505 e. The number of amides is 1. The van der Waals surface area contributed by atoms with Crippen molar-refractivity contribution in [3.8, 4) is 5.75 Å². The van der Waals surface area contributed by atoms with Crippen molar-refractivity contribution in [3.05, 3.63) is 66.1 Å². The Morgan fingerprint density at radius 1 is 1.18 bits per heavy atom. The molecule has 3 aromatic rings. The van der Waals surface area contributed by atoms with Crippen LogP contribution < -0.4 is 26.8 Å². The molecular formula is C20H21N3O4S. The summed E-state index contributed by atoms with van der Waals surface area (Å²) in [5, 5.41) is 20.7. The number of phenolic OH excluding ortho intramolecular Hbond substituents is 1. The van der Waals surface area contributed by atoms with E-state index >= 15 is 0 Å². The number of anilines is 3. The van der Waals surface area contributed by atoms with Gasteiger partial charge in [0.15, 0.2) is 5.75 Å². The molecule has 0 radical (unpaired) electrons. The summed E-state index contributed by atoms with van der Waals surface area (Å²) in [7, 11) is 1.46. The van der Waals surface area contributed by atoms with E-state index in [1.54, 1.807) is 17.4 Å². The number of carbonyl (C=O) groups excluding carboxylic acids is 1. The zero-order valence-electron chi connectivity index (χ0n) is 15.8. The molecule has 146 valence electrons. The monoisotopic (exact) mass is 399 g/mol. The molecule has 4 N–H and O–H groups in total. The molecule has 1 aromatic heterocycles. The predicted octanol–water partition coefficient (Wildman–Crippen LogP) is 3.02. The molecule has 1 heterocycles. The Bertz CT molecular complexity index is 1100. The number of aryl methyl sites for hydroxylation is 1. The van der Waals surface area contributed by atoms with Crippen molar-refractivity contribution in [1.29, 1.82) is 0 Å². The lowest BCUT2D eigenvalue weighted by atomic mass is 10.1. The molecule has 2 aromatic carbocycles. The summed E-state index contributed by atoms with van der Waals surface area (Å²) in [5.41, 5.74) is 0.380. The Morgan fingerprint density at radius 3 is 2.50 bits per heavy atom. The third-order valence-corrected chi connectivity index (χ3v) is 5.76. The van der Waals surface area contributed by atoms with Crippen LogP contribution in [0.3, 0.4) is 0 Å². The Balaban J connectivity index is 1.91. The van der Waals surface area contributed by atoms with Crippen LogP contribution in [-0.4, -0.2) is 18.1 Å². The Hall–Kier alpha value is -3.13. The minimum Gasteiger partial charge on any atom is -0.505 e. The second-order valence-corrected chi connectivity index (χ2v) is 7.33. The van der Waals surface area contributed by atoms with Crippen LogP contribution in [0, 0.1) is 6.92 Å². The zero-order valence-corrected chi connectivity index (χ0v) is 16.6. The van der Waals surface area contributed by atoms with Gasteiger partial charge in [-0.15, -0.1) is 11.3 Å². The van der Waals surface area contributed by atoms with Crippen molar-refractivity contribution in [3.63, 3.8) is 0 Å². The molecule has 3 rings (SSSR count). The molecule has 0 aliphatic heterocycles. The van der Waals surface area contributed by atoms with Crippen LogP contribution in [0.5, 0.6) is 5.75 Å². The van der Waals surface area contributed by atoms with E-state index in [4.69, 9.17) is 0 Å². The maximum Gasteiger partial charge on any atom is 0.254 e. The van der Waals surface area contributed by atoms with Crippen LogP contribution >= 0.6 is 11.3 Å². The fourth-order valence-electron chi connectivity index (χ4n) is 3.01. The number of hydrogen-bond donors (Lipinski definition) is 4. The lowest BCUT2D eigenvalue weighted by Crippen LogP contribution is -2.37. The number of aromatic hydroxyl groups is 1. The van der Waals surface area contributed by atoms with Gasteiger partial charge < -0.3 is 21.1 Å². The number of hydrogen-bond acceptors (Lipinski definition) is 7. The molecule has 7 nitrogen and oxygen atoms in total. The third kappa shape index (κ3) is 3.38. The summed E-state index contributed by atoms with van der Waals surface area (Å²) >= 11 is 1.59. The van der Waals surface area contributed by atoms with Crippen LogP contribution in [0.15, 0.2) is 39.2 Å². The highest BCUT2D eigenvalue weighted by Crippen LogP contribution is 2.34. The van der Waals surface area contributed by atoms with Gasteiger partial charge in [0.05, 0.1) is 17.3 Å². The number of phenols is 1. The molecule has 0 saturated heterocycles. The molecule has 8 heteroatoms. The van der Waals surface area contributed by atoms with Crippen molar-refractivity contribution in [2.75, 3.05) is 17.7 Å². The third-order valence-electron chi connectivity index (χ3n) is 4.62. The van der Waals surface area contributed by atoms with Gasteiger partial charge >= 0.3 is 0 Å². The fourth-order valence-corrected chi connectivity index (χ4v) is 4.08. The smallest absolute Gasteiger partial charge is 0.254 e. The lowest BCUT2D eigenvalue weighted by molar-refractivity contribution is 0.0960. The maximum absolute atomic E-state index is 12.1. The number of rotatable bonds is 7. The van der Waals surface area contributed by atoms with Gasteiger partial charge in [0, 0.05) is 11.9 Å². The molecular weight excluding hydrogens is 378 g/mol. The summed E-state index contributed by atoms with van der Waals surface area (Å²) in [4.78, 5) is 37.2. The van der Waals surface area contributed by atoms with Gasteiger partial charge in [0.2, 0.25) is 0 Å². The van der Waals surface area contributed by atoms with Crippen molar-refractivity contribution >= 4 is 34.3 Å². The maximum atomic E-state index is 12.1. The molecule has 0 bridgehead atoms. The van der Waals surface area contributed by atoms with E-state index in [1.807, 2.05) is 25.3 Å². The van der Waals surface area contributed by atoms with E-state index in [9.17, 15) is 19.5 Å². The topological polar surface area (TPSA) is 108 Å². The average molecular weight is 399 g/mol. The van der Waals surface area contributed by atoms with E-state index in [0.29, 0.717) is 0 Å². The number of carbonyl (C=O) groups is 1. The van der Waals surface area contributed by atoms with Crippen LogP contribution in [0.1, 0.15) is 40.2 Å². The molecule has 0 saturated carbocycles. The molecule has 28 heavy (non-hydrogen) atoms. The highest BCUT2D eigenvalue weighted by Gasteiger charge is 2.26. The fraction of sp³-hybridized carbons (Fsp3) is 0.250. The van der Waals surface area contributed by atoms with Crippen molar-refractivity contribution in [1.82, 2.24) is 5.32 Å². The van der Waals surface area contributed by atoms with E-state index in [-0.39, 0.29) is 34.4 Å². The minimum absolute atomic E-state index is 0.0707. The van der Waals surface area contributed by atoms with E-state index < -0.39 is 16.8 Å². The molecule has 0 spiro atoms. The normalized spacial score (nSPS) is 12.0. The molecule has 1 atom stereocenters. The summed E-state index contributed by atoms with van der Waals surface area (Å²) in [5.74, 6) is -0.745. The van der Waals surface area contributed by atoms with Gasteiger partial charge in [-0.1, -0.05) is 13.0 Å². The number of thiophene rings is 1. The van der Waals surface area contributed by atoms with Crippen LogP contribution in [0.25, 0.3) is 0 Å². The summed E-state index contributed by atoms with van der Waals surface area (Å²) in [6, 6.07) is 6.48. The second kappa shape index (κ2) is 7.85. The molecule has 0 fully saturated rings. The highest BCUT2D eigenvalue weighted by molar-refractivity contribution is 7.10. The van der Waals surface area contributed by atoms with E-state index in [0.717, 1.165) is 16.9 Å². The van der Waals surface area contributed by atoms with Gasteiger partial charge in [0.25, 0.3) is 16.8 Å². The summed E-state index contributed by atoms with van der Waals surface area (Å²) < 4.78 is 0. The van der Waals surface area contributed by atoms with Gasteiger partial charge in [-0.2, -0.15) is 0 Å². The van der Waals surface area contributed by atoms with Crippen molar-refractivity contribution in [2.45, 2.75) is 26.3 Å². The van der Waals surface area contributed by atoms with Crippen LogP contribution in [0.4, 0.5) is 17.1 Å². The van der Waals surface area contributed by atoms with Gasteiger partial charge in [-0.25, -0.2) is 0 Å². The number of para-hydroxylation sites is 1. The first-order chi connectivity index (χ1) is 13.4. The summed E-state index contributed by atoms with van der Waals surface area (Å²) in [6.07, 6.45) is 0.733. The lowest BCUT2D eigenvalue weighted by Gasteiger charge is -2.22. The zero-order chi connectivity index (χ0) is 20.4. The number of nitrogens with one attached hydrogen (secondary N) is 3. The molecule has 1 amide bonds. The highest BCUT2D eigenvalue weighted by atomic mass is 32.1. The Labute approximate surface area is 165 Å². The first-order valence-electron chi connectivity index (χ1n) is 8.83. The van der Waals surface area contributed by atoms with Crippen molar-refractivity contribution in [2.24, 2.45) is 0 Å². The average Bonchev–Trinajstić information content (AvgIpc) is 3.13. The first kappa shape index (κ1) is 19.6. The predicted molar refractivity (Wildman–Crippen MR) is 112 cm³/mol. The quantitative estimate of drug-likeness (QED) is 0.359. The Morgan fingerprint density at radius 2 is 1.89 bits per heavy atom. The van der Waals surface area contributed by atoms with E-state index in [1.165, 1.54) is 19.2 Å². The van der Waals surface area contributed by atoms with Gasteiger partial charge in [-0.3, -0.25) is 14.4 Å². The Kier molecular flexibility index (Phi) is 5.51. The number of benzene rings is 1. The van der Waals surface area contributed by atoms with Gasteiger partial charge in [0.1, 0.15) is 11.4 Å². The van der Waals surface area contributed by atoms with Crippen molar-refractivity contribution < 1.29 is 9.90 Å². The molecule has 0 aliphatic rings. The van der Waals surface area contributed by atoms with Crippen LogP contribution in [-0.2, 0) is 0 Å². The second-order valence-electron chi connectivity index (χ2n) is 6.39. The minimum atomic E-state index is -0.662. The standard InChI is InChI=1S/C20H21N3O4S/c1-4-12(19-10(2)8-9-28-19)22-14-15(18(26)17(14)25)23-13-7-5-6-11(16(13)24)20(27)21-3/h5-9,12,22-24H,4H2,1-3H3,(H,21,27)/t12-/m1/s1. The summed E-state index contributed by atoms with van der Waals surface area (Å²) in [6.45, 7) is 3.99.